The number of fused-ring (bicyclic) bond motifs is 1. The van der Waals surface area contributed by atoms with Crippen LogP contribution < -0.4 is 15.1 Å². The lowest BCUT2D eigenvalue weighted by molar-refractivity contribution is 0.0310. The molecule has 2 N–H and O–H groups in total. The van der Waals surface area contributed by atoms with Crippen molar-refractivity contribution in [1.29, 1.82) is 0 Å². The van der Waals surface area contributed by atoms with Crippen molar-refractivity contribution in [3.05, 3.63) is 70.0 Å². The molecule has 4 rings (SSSR count). The number of carbonyl (C=O) groups excluding carboxylic acids is 1. The van der Waals surface area contributed by atoms with Crippen molar-refractivity contribution in [2.24, 2.45) is 0 Å². The molecule has 0 radical (unpaired) electrons. The number of hydrogen-bond acceptors (Lipinski definition) is 7. The van der Waals surface area contributed by atoms with Gasteiger partial charge in [0.15, 0.2) is 0 Å². The molecule has 0 saturated heterocycles. The standard InChI is InChI=1S/C27H33N5O4S/c1-4-28-25-16-22-21(17-29-25)26(33)32(13-12-30(22)2)20-8-5-7-19(15-20)18-36-23(24-9-6-14-37-24)10-11-31(3)27(34)35/h5-9,14-17,23H,4,10-13,18H2,1-3H3,(H,28,29)(H,34,35). The number of ether oxygens (including phenoxy) is 1. The molecule has 1 atom stereocenters. The van der Waals surface area contributed by atoms with E-state index >= 15 is 0 Å². The second kappa shape index (κ2) is 12.1. The Morgan fingerprint density at radius 2 is 2.11 bits per heavy atom. The maximum absolute atomic E-state index is 13.5. The number of pyridine rings is 1. The molecule has 37 heavy (non-hydrogen) atoms. The summed E-state index contributed by atoms with van der Waals surface area (Å²) in [6.07, 6.45) is 1.03. The van der Waals surface area contributed by atoms with Gasteiger partial charge in [0.05, 0.1) is 24.0 Å². The number of thiophene rings is 1. The molecule has 1 aromatic carbocycles. The van der Waals surface area contributed by atoms with Gasteiger partial charge in [-0.1, -0.05) is 18.2 Å². The maximum Gasteiger partial charge on any atom is 0.407 e. The van der Waals surface area contributed by atoms with Crippen molar-refractivity contribution in [3.63, 3.8) is 0 Å². The lowest BCUT2D eigenvalue weighted by Gasteiger charge is -2.23. The molecule has 0 bridgehead atoms. The second-order valence-electron chi connectivity index (χ2n) is 8.97. The van der Waals surface area contributed by atoms with Gasteiger partial charge in [-0.15, -0.1) is 11.3 Å². The van der Waals surface area contributed by atoms with Gasteiger partial charge in [-0.2, -0.15) is 0 Å². The van der Waals surface area contributed by atoms with Crippen LogP contribution in [0.1, 0.15) is 40.2 Å². The van der Waals surface area contributed by atoms with E-state index in [1.165, 1.54) is 4.90 Å². The minimum Gasteiger partial charge on any atom is -0.465 e. The fourth-order valence-electron chi connectivity index (χ4n) is 4.27. The number of amides is 2. The van der Waals surface area contributed by atoms with E-state index in [1.807, 2.05) is 61.8 Å². The summed E-state index contributed by atoms with van der Waals surface area (Å²) >= 11 is 1.59. The molecule has 0 saturated carbocycles. The molecular weight excluding hydrogens is 490 g/mol. The van der Waals surface area contributed by atoms with E-state index in [1.54, 1.807) is 29.5 Å². The molecule has 9 nitrogen and oxygen atoms in total. The van der Waals surface area contributed by atoms with Crippen molar-refractivity contribution in [1.82, 2.24) is 9.88 Å². The zero-order valence-electron chi connectivity index (χ0n) is 21.4. The highest BCUT2D eigenvalue weighted by Crippen LogP contribution is 2.30. The average Bonchev–Trinajstić information content (AvgIpc) is 3.40. The van der Waals surface area contributed by atoms with Crippen LogP contribution in [-0.2, 0) is 11.3 Å². The van der Waals surface area contributed by atoms with Crippen LogP contribution in [0.15, 0.2) is 54.0 Å². The van der Waals surface area contributed by atoms with Crippen molar-refractivity contribution >= 4 is 40.5 Å². The van der Waals surface area contributed by atoms with E-state index < -0.39 is 6.09 Å². The van der Waals surface area contributed by atoms with E-state index in [2.05, 4.69) is 15.2 Å². The summed E-state index contributed by atoms with van der Waals surface area (Å²) in [6.45, 7) is 4.72. The highest BCUT2D eigenvalue weighted by Gasteiger charge is 2.27. The summed E-state index contributed by atoms with van der Waals surface area (Å²) < 4.78 is 6.27. The molecule has 1 aliphatic heterocycles. The monoisotopic (exact) mass is 523 g/mol. The van der Waals surface area contributed by atoms with Crippen molar-refractivity contribution in [2.75, 3.05) is 55.4 Å². The Kier molecular flexibility index (Phi) is 8.62. The first-order valence-electron chi connectivity index (χ1n) is 12.3. The Hall–Kier alpha value is -3.63. The third kappa shape index (κ3) is 6.39. The third-order valence-electron chi connectivity index (χ3n) is 6.37. The fraction of sp³-hybridized carbons (Fsp3) is 0.370. The largest absolute Gasteiger partial charge is 0.465 e. The smallest absolute Gasteiger partial charge is 0.407 e. The van der Waals surface area contributed by atoms with Crippen LogP contribution in [0.2, 0.25) is 0 Å². The highest BCUT2D eigenvalue weighted by atomic mass is 32.1. The summed E-state index contributed by atoms with van der Waals surface area (Å²) in [6, 6.07) is 13.7. The predicted molar refractivity (Wildman–Crippen MR) is 147 cm³/mol. The Bertz CT molecular complexity index is 1220. The molecule has 2 amide bonds. The third-order valence-corrected chi connectivity index (χ3v) is 7.34. The normalized spacial score (nSPS) is 14.2. The highest BCUT2D eigenvalue weighted by molar-refractivity contribution is 7.10. The number of benzene rings is 1. The van der Waals surface area contributed by atoms with E-state index in [4.69, 9.17) is 4.74 Å². The minimum absolute atomic E-state index is 0.0823. The van der Waals surface area contributed by atoms with Crippen LogP contribution >= 0.6 is 11.3 Å². The number of nitrogens with one attached hydrogen (secondary N) is 1. The van der Waals surface area contributed by atoms with Crippen LogP contribution in [0.3, 0.4) is 0 Å². The van der Waals surface area contributed by atoms with Crippen molar-refractivity contribution in [3.8, 4) is 0 Å². The summed E-state index contributed by atoms with van der Waals surface area (Å²) in [5.41, 5.74) is 3.19. The minimum atomic E-state index is -0.958. The number of carbonyl (C=O) groups is 2. The van der Waals surface area contributed by atoms with Gasteiger partial charge in [0.2, 0.25) is 0 Å². The Morgan fingerprint density at radius 3 is 2.84 bits per heavy atom. The van der Waals surface area contributed by atoms with Crippen LogP contribution in [0.25, 0.3) is 0 Å². The van der Waals surface area contributed by atoms with Crippen LogP contribution in [0, 0.1) is 0 Å². The summed E-state index contributed by atoms with van der Waals surface area (Å²) in [4.78, 5) is 35.4. The van der Waals surface area contributed by atoms with Crippen LogP contribution in [0.5, 0.6) is 0 Å². The molecular formula is C27H33N5O4S. The molecule has 0 aliphatic carbocycles. The van der Waals surface area contributed by atoms with Gasteiger partial charge >= 0.3 is 6.09 Å². The van der Waals surface area contributed by atoms with Gasteiger partial charge in [0, 0.05) is 63.1 Å². The number of rotatable bonds is 10. The number of aromatic nitrogens is 1. The number of anilines is 3. The summed E-state index contributed by atoms with van der Waals surface area (Å²) in [5, 5.41) is 14.4. The Balaban J connectivity index is 1.50. The molecule has 0 fully saturated rings. The molecule has 196 valence electrons. The fourth-order valence-corrected chi connectivity index (χ4v) is 5.08. The summed E-state index contributed by atoms with van der Waals surface area (Å²) in [7, 11) is 3.55. The first-order chi connectivity index (χ1) is 17.9. The number of hydrogen-bond donors (Lipinski definition) is 2. The lowest BCUT2D eigenvalue weighted by atomic mass is 10.1. The molecule has 1 unspecified atom stereocenters. The molecule has 3 aromatic rings. The average molecular weight is 524 g/mol. The number of nitrogens with zero attached hydrogens (tertiary/aromatic N) is 4. The molecule has 2 aromatic heterocycles. The van der Waals surface area contributed by atoms with E-state index in [0.717, 1.165) is 34.2 Å². The first kappa shape index (κ1) is 26.4. The van der Waals surface area contributed by atoms with Gasteiger partial charge in [-0.25, -0.2) is 9.78 Å². The predicted octanol–water partition coefficient (Wildman–Crippen LogP) is 4.93. The Morgan fingerprint density at radius 1 is 1.27 bits per heavy atom. The molecule has 0 spiro atoms. The number of likely N-dealkylation sites (N-methyl/N-ethyl adjacent to an activating group) is 1. The molecule has 10 heteroatoms. The van der Waals surface area contributed by atoms with Gasteiger partial charge in [-0.05, 0) is 42.5 Å². The zero-order valence-corrected chi connectivity index (χ0v) is 22.2. The van der Waals surface area contributed by atoms with E-state index in [-0.39, 0.29) is 12.0 Å². The zero-order chi connectivity index (χ0) is 26.4. The topological polar surface area (TPSA) is 98.2 Å². The quantitative estimate of drug-likeness (QED) is 0.389. The van der Waals surface area contributed by atoms with Gasteiger partial charge in [0.1, 0.15) is 5.82 Å². The van der Waals surface area contributed by atoms with Gasteiger partial charge < -0.3 is 29.9 Å². The SMILES string of the molecule is CCNc1cc2c(cn1)C(=O)N(c1cccc(COC(CCN(C)C(=O)O)c3cccs3)c1)CCN2C. The van der Waals surface area contributed by atoms with E-state index in [9.17, 15) is 14.7 Å². The molecule has 1 aliphatic rings. The lowest BCUT2D eigenvalue weighted by Crippen LogP contribution is -2.33. The van der Waals surface area contributed by atoms with Crippen LogP contribution in [-0.4, -0.2) is 67.3 Å². The van der Waals surface area contributed by atoms with Gasteiger partial charge in [-0.3, -0.25) is 4.79 Å². The maximum atomic E-state index is 13.5. The van der Waals surface area contributed by atoms with Crippen molar-refractivity contribution in [2.45, 2.75) is 26.1 Å². The first-order valence-corrected chi connectivity index (χ1v) is 13.2. The van der Waals surface area contributed by atoms with Gasteiger partial charge in [0.25, 0.3) is 5.91 Å². The number of carboxylic acid groups (broad SMARTS) is 1. The van der Waals surface area contributed by atoms with E-state index in [0.29, 0.717) is 38.2 Å². The Labute approximate surface area is 221 Å². The summed E-state index contributed by atoms with van der Waals surface area (Å²) in [5.74, 6) is 0.671. The molecule has 3 heterocycles. The van der Waals surface area contributed by atoms with Crippen molar-refractivity contribution < 1.29 is 19.4 Å². The van der Waals surface area contributed by atoms with Crippen LogP contribution in [0.4, 0.5) is 22.0 Å². The second-order valence-corrected chi connectivity index (χ2v) is 9.95.